The van der Waals surface area contributed by atoms with E-state index in [0.29, 0.717) is 25.3 Å². The second-order valence-electron chi connectivity index (χ2n) is 9.28. The fourth-order valence-corrected chi connectivity index (χ4v) is 7.15. The Morgan fingerprint density at radius 1 is 1.06 bits per heavy atom. The molecule has 184 valence electrons. The van der Waals surface area contributed by atoms with Gasteiger partial charge in [0, 0.05) is 12.6 Å². The molecule has 6 nitrogen and oxygen atoms in total. The number of fused-ring (bicyclic) bond motifs is 1. The Kier molecular flexibility index (Phi) is 8.08. The first-order valence-corrected chi connectivity index (χ1v) is 14.1. The lowest BCUT2D eigenvalue weighted by Crippen LogP contribution is -2.56. The molecule has 0 aromatic heterocycles. The minimum absolute atomic E-state index is 0.0566. The Bertz CT molecular complexity index is 1100. The van der Waals surface area contributed by atoms with E-state index >= 15 is 0 Å². The summed E-state index contributed by atoms with van der Waals surface area (Å²) in [6.45, 7) is 0.670. The normalized spacial score (nSPS) is 21.6. The Labute approximate surface area is 211 Å². The van der Waals surface area contributed by atoms with Crippen LogP contribution in [0, 0.1) is 5.92 Å². The molecule has 9 heteroatoms. The summed E-state index contributed by atoms with van der Waals surface area (Å²) in [5, 5.41) is 0.113. The average molecular weight is 525 g/mol. The number of anilines is 1. The second-order valence-corrected chi connectivity index (χ2v) is 11.8. The Morgan fingerprint density at radius 3 is 2.41 bits per heavy atom. The highest BCUT2D eigenvalue weighted by Crippen LogP contribution is 2.36. The maximum absolute atomic E-state index is 13.8. The van der Waals surface area contributed by atoms with E-state index in [1.54, 1.807) is 0 Å². The largest absolute Gasteiger partial charge is 0.396 e. The third kappa shape index (κ3) is 5.70. The molecule has 3 atom stereocenters. The highest BCUT2D eigenvalue weighted by molar-refractivity contribution is 7.89. The van der Waals surface area contributed by atoms with Crippen molar-refractivity contribution in [1.82, 2.24) is 9.62 Å². The van der Waals surface area contributed by atoms with Gasteiger partial charge in [-0.25, -0.2) is 8.42 Å². The number of carbonyl (C=O) groups excluding carboxylic acids is 1. The number of nitrogens with two attached hydrogens (primary N) is 1. The van der Waals surface area contributed by atoms with Crippen LogP contribution in [-0.4, -0.2) is 37.9 Å². The molecule has 34 heavy (non-hydrogen) atoms. The third-order valence-corrected chi connectivity index (χ3v) is 9.13. The number of amides is 1. The number of nitrogens with zero attached hydrogens (tertiary/aromatic N) is 1. The van der Waals surface area contributed by atoms with Gasteiger partial charge in [-0.2, -0.15) is 4.72 Å². The van der Waals surface area contributed by atoms with E-state index in [1.807, 2.05) is 35.2 Å². The first kappa shape index (κ1) is 25.3. The average Bonchev–Trinajstić information content (AvgIpc) is 2.84. The van der Waals surface area contributed by atoms with Gasteiger partial charge in [-0.15, -0.1) is 0 Å². The lowest BCUT2D eigenvalue weighted by molar-refractivity contribution is -0.139. The van der Waals surface area contributed by atoms with Crippen LogP contribution in [0.3, 0.4) is 0 Å². The number of nitrogen functional groups attached to an aromatic ring is 1. The lowest BCUT2D eigenvalue weighted by Gasteiger charge is -2.45. The number of rotatable bonds is 7. The topological polar surface area (TPSA) is 92.5 Å². The standard InChI is InChI=1S/C25H31Cl2N3O3S/c26-20-15-19(16-21(27)24(20)28)34(32,33)29-22(13-12-17-7-2-1-3-8-17)25(31)30-14-6-10-18-9-4-5-11-23(18)30/h1-3,7-8,15-16,18,22-23,29H,4-6,9-14,28H2/t18-,22+,23+/m0/s1. The van der Waals surface area contributed by atoms with Crippen molar-refractivity contribution in [3.05, 3.63) is 58.1 Å². The van der Waals surface area contributed by atoms with Crippen molar-refractivity contribution in [2.75, 3.05) is 12.3 Å². The molecule has 1 heterocycles. The van der Waals surface area contributed by atoms with Crippen molar-refractivity contribution in [3.8, 4) is 0 Å². The van der Waals surface area contributed by atoms with Gasteiger partial charge in [-0.05, 0) is 62.1 Å². The van der Waals surface area contributed by atoms with Gasteiger partial charge < -0.3 is 10.6 Å². The third-order valence-electron chi connectivity index (χ3n) is 7.05. The van der Waals surface area contributed by atoms with E-state index < -0.39 is 16.1 Å². The monoisotopic (exact) mass is 523 g/mol. The summed E-state index contributed by atoms with van der Waals surface area (Å²) in [4.78, 5) is 15.6. The minimum Gasteiger partial charge on any atom is -0.396 e. The molecule has 2 aliphatic rings. The lowest BCUT2D eigenvalue weighted by atomic mass is 9.78. The van der Waals surface area contributed by atoms with E-state index in [0.717, 1.165) is 37.7 Å². The van der Waals surface area contributed by atoms with E-state index in [4.69, 9.17) is 28.9 Å². The molecule has 2 aromatic carbocycles. The van der Waals surface area contributed by atoms with Crippen molar-refractivity contribution in [2.24, 2.45) is 5.92 Å². The molecule has 0 spiro atoms. The summed E-state index contributed by atoms with van der Waals surface area (Å²) in [6, 6.07) is 11.6. The van der Waals surface area contributed by atoms with Crippen molar-refractivity contribution in [1.29, 1.82) is 0 Å². The van der Waals surface area contributed by atoms with Crippen molar-refractivity contribution in [3.63, 3.8) is 0 Å². The number of likely N-dealkylation sites (tertiary alicyclic amines) is 1. The van der Waals surface area contributed by atoms with Crippen LogP contribution in [0.4, 0.5) is 5.69 Å². The van der Waals surface area contributed by atoms with E-state index in [9.17, 15) is 13.2 Å². The predicted octanol–water partition coefficient (Wildman–Crippen LogP) is 5.04. The molecule has 1 aliphatic heterocycles. The fraction of sp³-hybridized carbons (Fsp3) is 0.480. The first-order valence-electron chi connectivity index (χ1n) is 11.9. The minimum atomic E-state index is -4.06. The summed E-state index contributed by atoms with van der Waals surface area (Å²) in [5.74, 6) is 0.358. The number of piperidine rings is 1. The summed E-state index contributed by atoms with van der Waals surface area (Å²) in [6.07, 6.45) is 7.44. The molecular formula is C25H31Cl2N3O3S. The zero-order valence-corrected chi connectivity index (χ0v) is 21.4. The van der Waals surface area contributed by atoms with Gasteiger partial charge in [0.1, 0.15) is 6.04 Å². The summed E-state index contributed by atoms with van der Waals surface area (Å²) in [7, 11) is -4.06. The van der Waals surface area contributed by atoms with E-state index in [-0.39, 0.29) is 32.6 Å². The van der Waals surface area contributed by atoms with Gasteiger partial charge >= 0.3 is 0 Å². The molecule has 1 amide bonds. The molecule has 0 bridgehead atoms. The van der Waals surface area contributed by atoms with E-state index in [1.165, 1.54) is 18.6 Å². The van der Waals surface area contributed by atoms with Crippen LogP contribution in [0.25, 0.3) is 0 Å². The number of aryl methyl sites for hydroxylation is 1. The van der Waals surface area contributed by atoms with Crippen LogP contribution in [-0.2, 0) is 21.2 Å². The number of halogens is 2. The van der Waals surface area contributed by atoms with Gasteiger partial charge in [-0.3, -0.25) is 4.79 Å². The fourth-order valence-electron chi connectivity index (χ4n) is 5.26. The smallest absolute Gasteiger partial charge is 0.241 e. The first-order chi connectivity index (χ1) is 16.3. The predicted molar refractivity (Wildman–Crippen MR) is 136 cm³/mol. The highest BCUT2D eigenvalue weighted by atomic mass is 35.5. The van der Waals surface area contributed by atoms with Crippen LogP contribution < -0.4 is 10.5 Å². The molecule has 0 radical (unpaired) electrons. The van der Waals surface area contributed by atoms with Gasteiger partial charge in [0.05, 0.1) is 20.6 Å². The van der Waals surface area contributed by atoms with Crippen LogP contribution in [0.1, 0.15) is 50.5 Å². The maximum Gasteiger partial charge on any atom is 0.241 e. The molecular weight excluding hydrogens is 493 g/mol. The maximum atomic E-state index is 13.8. The van der Waals surface area contributed by atoms with Crippen LogP contribution in [0.2, 0.25) is 10.0 Å². The Hall–Kier alpha value is -1.80. The number of carbonyl (C=O) groups is 1. The number of nitrogens with one attached hydrogen (secondary N) is 1. The molecule has 4 rings (SSSR count). The quantitative estimate of drug-likeness (QED) is 0.497. The molecule has 2 fully saturated rings. The summed E-state index contributed by atoms with van der Waals surface area (Å²) in [5.41, 5.74) is 6.94. The van der Waals surface area contributed by atoms with Gasteiger partial charge in [0.25, 0.3) is 0 Å². The Morgan fingerprint density at radius 2 is 1.71 bits per heavy atom. The number of hydrogen-bond acceptors (Lipinski definition) is 4. The zero-order chi connectivity index (χ0) is 24.3. The molecule has 1 saturated heterocycles. The SMILES string of the molecule is Nc1c(Cl)cc(S(=O)(=O)N[C@H](CCc2ccccc2)C(=O)N2CCC[C@@H]3CCCC[C@H]32)cc1Cl. The van der Waals surface area contributed by atoms with Gasteiger partial charge in [-0.1, -0.05) is 66.4 Å². The van der Waals surface area contributed by atoms with Crippen molar-refractivity contribution >= 4 is 44.8 Å². The number of hydrogen-bond donors (Lipinski definition) is 2. The summed E-state index contributed by atoms with van der Waals surface area (Å²) >= 11 is 12.2. The molecule has 3 N–H and O–H groups in total. The second kappa shape index (κ2) is 10.9. The number of benzene rings is 2. The molecule has 2 aromatic rings. The molecule has 0 unspecified atom stereocenters. The zero-order valence-electron chi connectivity index (χ0n) is 19.1. The van der Waals surface area contributed by atoms with Gasteiger partial charge in [0.15, 0.2) is 0 Å². The Balaban J connectivity index is 1.60. The van der Waals surface area contributed by atoms with Crippen LogP contribution in [0.5, 0.6) is 0 Å². The summed E-state index contributed by atoms with van der Waals surface area (Å²) < 4.78 is 29.3. The van der Waals surface area contributed by atoms with Crippen molar-refractivity contribution in [2.45, 2.75) is 68.3 Å². The molecule has 1 aliphatic carbocycles. The van der Waals surface area contributed by atoms with Gasteiger partial charge in [0.2, 0.25) is 15.9 Å². The number of sulfonamides is 1. The van der Waals surface area contributed by atoms with E-state index in [2.05, 4.69) is 4.72 Å². The van der Waals surface area contributed by atoms with Crippen LogP contribution >= 0.6 is 23.2 Å². The molecule has 1 saturated carbocycles. The van der Waals surface area contributed by atoms with Crippen molar-refractivity contribution < 1.29 is 13.2 Å². The highest BCUT2D eigenvalue weighted by Gasteiger charge is 2.39. The van der Waals surface area contributed by atoms with Crippen LogP contribution in [0.15, 0.2) is 47.4 Å².